The predicted molar refractivity (Wildman–Crippen MR) is 105 cm³/mol. The predicted octanol–water partition coefficient (Wildman–Crippen LogP) is 0.629. The number of methoxy groups -OCH3 is 1. The van der Waals surface area contributed by atoms with E-state index in [1.54, 1.807) is 32.8 Å². The second-order valence-electron chi connectivity index (χ2n) is 7.28. The van der Waals surface area contributed by atoms with Crippen molar-refractivity contribution in [1.29, 1.82) is 0 Å². The first-order chi connectivity index (χ1) is 12.9. The van der Waals surface area contributed by atoms with Crippen molar-refractivity contribution >= 4 is 17.5 Å². The highest BCUT2D eigenvalue weighted by atomic mass is 16.5. The minimum Gasteiger partial charge on any atom is -0.496 e. The molecule has 0 unspecified atom stereocenters. The van der Waals surface area contributed by atoms with Crippen LogP contribution in [0.3, 0.4) is 0 Å². The lowest BCUT2D eigenvalue weighted by Crippen LogP contribution is -3.11. The van der Waals surface area contributed by atoms with Gasteiger partial charge < -0.3 is 15.0 Å². The number of carbonyl (C=O) groups excluding carboxylic acids is 2. The fourth-order valence-electron chi connectivity index (χ4n) is 3.22. The highest BCUT2D eigenvalue weighted by Gasteiger charge is 2.17. The third-order valence-electron chi connectivity index (χ3n) is 4.65. The average Bonchev–Trinajstić information content (AvgIpc) is 2.66. The maximum atomic E-state index is 11.8. The van der Waals surface area contributed by atoms with Crippen molar-refractivity contribution in [3.63, 3.8) is 0 Å². The van der Waals surface area contributed by atoms with Gasteiger partial charge in [-0.05, 0) is 63.8 Å². The summed E-state index contributed by atoms with van der Waals surface area (Å²) in [6, 6.07) is 5.79. The molecule has 1 heterocycles. The molecule has 1 fully saturated rings. The molecule has 1 saturated heterocycles. The maximum Gasteiger partial charge on any atom is 0.329 e. The minimum atomic E-state index is -0.769. The summed E-state index contributed by atoms with van der Waals surface area (Å²) in [5.41, 5.74) is 4.98. The summed E-state index contributed by atoms with van der Waals surface area (Å²) in [4.78, 5) is 25.0. The van der Waals surface area contributed by atoms with E-state index in [-0.39, 0.29) is 6.04 Å². The topological polar surface area (TPSA) is 84.2 Å². The van der Waals surface area contributed by atoms with E-state index in [1.807, 2.05) is 12.1 Å². The first-order valence-corrected chi connectivity index (χ1v) is 9.56. The molecule has 0 aliphatic carbocycles. The van der Waals surface area contributed by atoms with Gasteiger partial charge in [0, 0.05) is 11.6 Å². The van der Waals surface area contributed by atoms with Crippen molar-refractivity contribution in [3.05, 3.63) is 29.3 Å². The molecule has 1 aliphatic rings. The molecule has 0 saturated carbocycles. The van der Waals surface area contributed by atoms with Crippen molar-refractivity contribution in [2.45, 2.75) is 52.6 Å². The summed E-state index contributed by atoms with van der Waals surface area (Å²) < 4.78 is 5.51. The summed E-state index contributed by atoms with van der Waals surface area (Å²) >= 11 is 0. The summed E-state index contributed by atoms with van der Waals surface area (Å²) in [5, 5.41) is 6.61. The van der Waals surface area contributed by atoms with Crippen molar-refractivity contribution < 1.29 is 19.2 Å². The summed E-state index contributed by atoms with van der Waals surface area (Å²) in [6.45, 7) is 8.67. The van der Waals surface area contributed by atoms with E-state index < -0.39 is 11.8 Å². The van der Waals surface area contributed by atoms with E-state index in [1.165, 1.54) is 32.4 Å². The third kappa shape index (κ3) is 6.36. The van der Waals surface area contributed by atoms with Crippen LogP contribution >= 0.6 is 0 Å². The number of likely N-dealkylation sites (tertiary alicyclic amines) is 1. The number of hydrogen-bond acceptors (Lipinski definition) is 4. The van der Waals surface area contributed by atoms with E-state index in [0.29, 0.717) is 5.71 Å². The molecular weight excluding hydrogens is 344 g/mol. The Labute approximate surface area is 161 Å². The second kappa shape index (κ2) is 10.1. The average molecular weight is 375 g/mol. The first kappa shape index (κ1) is 20.9. The number of nitrogens with one attached hydrogen (secondary N) is 3. The van der Waals surface area contributed by atoms with E-state index in [4.69, 9.17) is 4.74 Å². The van der Waals surface area contributed by atoms with Crippen molar-refractivity contribution in [2.24, 2.45) is 5.10 Å². The van der Waals surface area contributed by atoms with Crippen LogP contribution in [0.25, 0.3) is 0 Å². The monoisotopic (exact) mass is 375 g/mol. The van der Waals surface area contributed by atoms with Crippen LogP contribution in [0.1, 0.15) is 51.2 Å². The highest BCUT2D eigenvalue weighted by Crippen LogP contribution is 2.20. The van der Waals surface area contributed by atoms with E-state index in [0.717, 1.165) is 23.4 Å². The standard InChI is InChI=1S/C20H30N4O3/c1-14(2)21-19(25)20(26)23-22-15(3)16-8-9-18(27-4)17(12-16)13-24-10-6-5-7-11-24/h8-9,12,14H,5-7,10-11,13H2,1-4H3,(H,21,25)(H,23,26)/p+1/b22-15-. The second-order valence-corrected chi connectivity index (χ2v) is 7.28. The molecule has 1 aromatic carbocycles. The van der Waals surface area contributed by atoms with E-state index >= 15 is 0 Å². The quantitative estimate of drug-likeness (QED) is 0.387. The first-order valence-electron chi connectivity index (χ1n) is 9.56. The number of hydrazone groups is 1. The Kier molecular flexibility index (Phi) is 7.79. The van der Waals surface area contributed by atoms with Crippen LogP contribution in [-0.4, -0.2) is 43.8 Å². The smallest absolute Gasteiger partial charge is 0.329 e. The SMILES string of the molecule is COc1ccc(/C(C)=N\NC(=O)C(=O)NC(C)C)cc1C[NH+]1CCCCC1. The van der Waals surface area contributed by atoms with Crippen LogP contribution < -0.4 is 20.4 Å². The number of ether oxygens (including phenoxy) is 1. The molecule has 1 aromatic rings. The van der Waals surface area contributed by atoms with Gasteiger partial charge in [-0.1, -0.05) is 0 Å². The zero-order valence-electron chi connectivity index (χ0n) is 16.7. The van der Waals surface area contributed by atoms with Crippen LogP contribution in [-0.2, 0) is 16.1 Å². The normalized spacial score (nSPS) is 15.5. The number of hydrogen-bond donors (Lipinski definition) is 3. The number of amides is 2. The highest BCUT2D eigenvalue weighted by molar-refractivity contribution is 6.35. The van der Waals surface area contributed by atoms with Gasteiger partial charge in [-0.15, -0.1) is 0 Å². The Morgan fingerprint density at radius 1 is 1.19 bits per heavy atom. The van der Waals surface area contributed by atoms with Gasteiger partial charge in [-0.2, -0.15) is 5.10 Å². The number of carbonyl (C=O) groups is 2. The van der Waals surface area contributed by atoms with Crippen molar-refractivity contribution in [1.82, 2.24) is 10.7 Å². The number of piperidine rings is 1. The molecule has 3 N–H and O–H groups in total. The Balaban J connectivity index is 2.08. The molecule has 0 radical (unpaired) electrons. The molecule has 148 valence electrons. The van der Waals surface area contributed by atoms with Crippen molar-refractivity contribution in [2.75, 3.05) is 20.2 Å². The number of quaternary nitrogens is 1. The Bertz CT molecular complexity index is 694. The van der Waals surface area contributed by atoms with Gasteiger partial charge in [0.05, 0.1) is 25.9 Å². The minimum absolute atomic E-state index is 0.102. The molecule has 0 aromatic heterocycles. The van der Waals surface area contributed by atoms with Gasteiger partial charge in [0.1, 0.15) is 12.3 Å². The molecule has 27 heavy (non-hydrogen) atoms. The molecule has 2 amide bonds. The van der Waals surface area contributed by atoms with Crippen LogP contribution in [0.2, 0.25) is 0 Å². The number of nitrogens with zero attached hydrogens (tertiary/aromatic N) is 1. The molecular formula is C20H31N4O3+. The number of benzene rings is 1. The van der Waals surface area contributed by atoms with Gasteiger partial charge in [-0.3, -0.25) is 9.59 Å². The van der Waals surface area contributed by atoms with Crippen LogP contribution in [0, 0.1) is 0 Å². The zero-order valence-corrected chi connectivity index (χ0v) is 16.7. The number of rotatable bonds is 6. The lowest BCUT2D eigenvalue weighted by Gasteiger charge is -2.24. The molecule has 0 spiro atoms. The molecule has 7 heteroatoms. The van der Waals surface area contributed by atoms with Crippen molar-refractivity contribution in [3.8, 4) is 5.75 Å². The largest absolute Gasteiger partial charge is 0.496 e. The molecule has 0 bridgehead atoms. The molecule has 1 aliphatic heterocycles. The Morgan fingerprint density at radius 3 is 2.52 bits per heavy atom. The lowest BCUT2D eigenvalue weighted by atomic mass is 10.0. The fraction of sp³-hybridized carbons (Fsp3) is 0.550. The summed E-state index contributed by atoms with van der Waals surface area (Å²) in [6.07, 6.45) is 3.85. The summed E-state index contributed by atoms with van der Waals surface area (Å²) in [5.74, 6) is -0.592. The van der Waals surface area contributed by atoms with Gasteiger partial charge >= 0.3 is 11.8 Å². The Hall–Kier alpha value is -2.41. The zero-order chi connectivity index (χ0) is 19.8. The van der Waals surface area contributed by atoms with E-state index in [2.05, 4.69) is 21.9 Å². The van der Waals surface area contributed by atoms with Crippen LogP contribution in [0.4, 0.5) is 0 Å². The summed E-state index contributed by atoms with van der Waals surface area (Å²) in [7, 11) is 1.68. The maximum absolute atomic E-state index is 11.8. The van der Waals surface area contributed by atoms with E-state index in [9.17, 15) is 9.59 Å². The third-order valence-corrected chi connectivity index (χ3v) is 4.65. The Morgan fingerprint density at radius 2 is 1.89 bits per heavy atom. The van der Waals surface area contributed by atoms with Crippen LogP contribution in [0.15, 0.2) is 23.3 Å². The van der Waals surface area contributed by atoms with Gasteiger partial charge in [0.2, 0.25) is 0 Å². The fourth-order valence-corrected chi connectivity index (χ4v) is 3.22. The molecule has 2 rings (SSSR count). The lowest BCUT2D eigenvalue weighted by molar-refractivity contribution is -0.918. The van der Waals surface area contributed by atoms with Gasteiger partial charge in [0.25, 0.3) is 0 Å². The molecule has 7 nitrogen and oxygen atoms in total. The van der Waals surface area contributed by atoms with Gasteiger partial charge in [0.15, 0.2) is 0 Å². The molecule has 0 atom stereocenters. The van der Waals surface area contributed by atoms with Gasteiger partial charge in [-0.25, -0.2) is 5.43 Å². The van der Waals surface area contributed by atoms with Crippen LogP contribution in [0.5, 0.6) is 5.75 Å².